The molecule has 1 atom stereocenters. The van der Waals surface area contributed by atoms with Crippen molar-refractivity contribution in [3.05, 3.63) is 63.1 Å². The highest BCUT2D eigenvalue weighted by Crippen LogP contribution is 2.36. The Morgan fingerprint density at radius 3 is 2.83 bits per heavy atom. The van der Waals surface area contributed by atoms with Gasteiger partial charge in [-0.2, -0.15) is 0 Å². The predicted molar refractivity (Wildman–Crippen MR) is 80.5 cm³/mol. The van der Waals surface area contributed by atoms with Crippen LogP contribution < -0.4 is 5.32 Å². The van der Waals surface area contributed by atoms with Gasteiger partial charge in [0.2, 0.25) is 0 Å². The number of fused-ring (bicyclic) bond motifs is 1. The van der Waals surface area contributed by atoms with Crippen molar-refractivity contribution in [1.82, 2.24) is 0 Å². The molecule has 0 spiro atoms. The molecule has 0 aromatic heterocycles. The van der Waals surface area contributed by atoms with Crippen LogP contribution in [0.4, 0.5) is 5.69 Å². The minimum atomic E-state index is 0.618. The number of halogens is 2. The highest BCUT2D eigenvalue weighted by atomic mass is 79.9. The first kappa shape index (κ1) is 12.1. The summed E-state index contributed by atoms with van der Waals surface area (Å²) >= 11 is 9.58. The molecule has 0 saturated heterocycles. The second-order valence-electron chi connectivity index (χ2n) is 4.58. The third-order valence-electron chi connectivity index (χ3n) is 3.45. The molecule has 0 saturated carbocycles. The molecule has 92 valence electrons. The highest BCUT2D eigenvalue weighted by molar-refractivity contribution is 9.10. The Hall–Kier alpha value is -0.990. The molecule has 1 aliphatic carbocycles. The first-order valence-corrected chi connectivity index (χ1v) is 7.18. The fourth-order valence-electron chi connectivity index (χ4n) is 2.42. The van der Waals surface area contributed by atoms with Crippen LogP contribution in [0.5, 0.6) is 0 Å². The Balaban J connectivity index is 1.69. The van der Waals surface area contributed by atoms with Gasteiger partial charge in [-0.05, 0) is 45.6 Å². The van der Waals surface area contributed by atoms with E-state index >= 15 is 0 Å². The van der Waals surface area contributed by atoms with E-state index < -0.39 is 0 Å². The lowest BCUT2D eigenvalue weighted by atomic mass is 9.77. The second-order valence-corrected chi connectivity index (χ2v) is 5.78. The molecule has 1 aliphatic rings. The van der Waals surface area contributed by atoms with E-state index in [0.717, 1.165) is 21.7 Å². The fourth-order valence-corrected chi connectivity index (χ4v) is 3.00. The normalized spacial score (nSPS) is 16.9. The van der Waals surface area contributed by atoms with E-state index in [9.17, 15) is 0 Å². The molecular weight excluding hydrogens is 310 g/mol. The Labute approximate surface area is 120 Å². The zero-order valence-corrected chi connectivity index (χ0v) is 12.1. The van der Waals surface area contributed by atoms with Gasteiger partial charge in [-0.3, -0.25) is 0 Å². The molecular formula is C15H13BrClN. The minimum absolute atomic E-state index is 0.618. The number of anilines is 1. The van der Waals surface area contributed by atoms with E-state index in [2.05, 4.69) is 45.5 Å². The zero-order valence-electron chi connectivity index (χ0n) is 9.79. The lowest BCUT2D eigenvalue weighted by Gasteiger charge is -2.30. The fraction of sp³-hybridized carbons (Fsp3) is 0.200. The summed E-state index contributed by atoms with van der Waals surface area (Å²) in [5, 5.41) is 4.21. The van der Waals surface area contributed by atoms with Crippen LogP contribution >= 0.6 is 27.5 Å². The molecule has 1 nitrogen and oxygen atoms in total. The number of nitrogens with one attached hydrogen (secondary N) is 1. The number of benzene rings is 2. The third kappa shape index (κ3) is 2.15. The predicted octanol–water partition coefficient (Wildman–Crippen LogP) is 4.85. The van der Waals surface area contributed by atoms with Crippen molar-refractivity contribution >= 4 is 33.2 Å². The Morgan fingerprint density at radius 2 is 2.00 bits per heavy atom. The summed E-state index contributed by atoms with van der Waals surface area (Å²) in [6.07, 6.45) is 1.17. The maximum Gasteiger partial charge on any atom is 0.0593 e. The molecule has 2 aromatic rings. The summed E-state index contributed by atoms with van der Waals surface area (Å²) in [7, 11) is 0. The Kier molecular flexibility index (Phi) is 3.31. The maximum absolute atomic E-state index is 6.07. The van der Waals surface area contributed by atoms with Crippen LogP contribution in [-0.4, -0.2) is 6.54 Å². The van der Waals surface area contributed by atoms with Gasteiger partial charge in [-0.25, -0.2) is 0 Å². The van der Waals surface area contributed by atoms with Gasteiger partial charge in [-0.1, -0.05) is 41.9 Å². The number of hydrogen-bond donors (Lipinski definition) is 1. The summed E-state index contributed by atoms with van der Waals surface area (Å²) in [5.74, 6) is 0.618. The molecule has 1 unspecified atom stereocenters. The van der Waals surface area contributed by atoms with Gasteiger partial charge in [0.25, 0.3) is 0 Å². The molecule has 1 N–H and O–H groups in total. The van der Waals surface area contributed by atoms with Crippen molar-refractivity contribution in [3.8, 4) is 0 Å². The van der Waals surface area contributed by atoms with Crippen molar-refractivity contribution < 1.29 is 0 Å². The largest absolute Gasteiger partial charge is 0.383 e. The van der Waals surface area contributed by atoms with Gasteiger partial charge in [0.1, 0.15) is 0 Å². The molecule has 0 radical (unpaired) electrons. The van der Waals surface area contributed by atoms with Crippen LogP contribution in [-0.2, 0) is 6.42 Å². The lowest BCUT2D eigenvalue weighted by molar-refractivity contribution is 0.635. The van der Waals surface area contributed by atoms with Crippen LogP contribution in [0.1, 0.15) is 17.0 Å². The van der Waals surface area contributed by atoms with Gasteiger partial charge >= 0.3 is 0 Å². The number of hydrogen-bond acceptors (Lipinski definition) is 1. The van der Waals surface area contributed by atoms with Crippen molar-refractivity contribution in [2.24, 2.45) is 0 Å². The summed E-state index contributed by atoms with van der Waals surface area (Å²) in [4.78, 5) is 0. The zero-order chi connectivity index (χ0) is 12.5. The van der Waals surface area contributed by atoms with Gasteiger partial charge in [0, 0.05) is 18.2 Å². The molecule has 0 fully saturated rings. The SMILES string of the molecule is Clc1cccc(NCC2Cc3ccccc32)c1Br. The summed E-state index contributed by atoms with van der Waals surface area (Å²) in [5.41, 5.74) is 4.02. The van der Waals surface area contributed by atoms with Crippen LogP contribution in [0.15, 0.2) is 46.9 Å². The van der Waals surface area contributed by atoms with Crippen LogP contribution in [0, 0.1) is 0 Å². The van der Waals surface area contributed by atoms with E-state index in [1.807, 2.05) is 18.2 Å². The molecule has 0 heterocycles. The summed E-state index contributed by atoms with van der Waals surface area (Å²) < 4.78 is 0.944. The summed E-state index contributed by atoms with van der Waals surface area (Å²) in [6, 6.07) is 14.5. The molecule has 3 rings (SSSR count). The van der Waals surface area contributed by atoms with Crippen molar-refractivity contribution in [3.63, 3.8) is 0 Å². The van der Waals surface area contributed by atoms with Crippen molar-refractivity contribution in [2.45, 2.75) is 12.3 Å². The molecule has 2 aromatic carbocycles. The van der Waals surface area contributed by atoms with E-state index in [4.69, 9.17) is 11.6 Å². The van der Waals surface area contributed by atoms with E-state index in [0.29, 0.717) is 5.92 Å². The third-order valence-corrected chi connectivity index (χ3v) is 4.85. The van der Waals surface area contributed by atoms with Crippen LogP contribution in [0.2, 0.25) is 5.02 Å². The lowest BCUT2D eigenvalue weighted by Crippen LogP contribution is -2.24. The van der Waals surface area contributed by atoms with Crippen molar-refractivity contribution in [1.29, 1.82) is 0 Å². The molecule has 0 bridgehead atoms. The monoisotopic (exact) mass is 321 g/mol. The van der Waals surface area contributed by atoms with E-state index in [1.54, 1.807) is 0 Å². The molecule has 0 amide bonds. The van der Waals surface area contributed by atoms with Crippen molar-refractivity contribution in [2.75, 3.05) is 11.9 Å². The average Bonchev–Trinajstić information content (AvgIpc) is 2.35. The standard InChI is InChI=1S/C15H13BrClN/c16-15-13(17)6-3-7-14(15)18-9-11-8-10-4-1-2-5-12(10)11/h1-7,11,18H,8-9H2. The minimum Gasteiger partial charge on any atom is -0.383 e. The van der Waals surface area contributed by atoms with Gasteiger partial charge in [-0.15, -0.1) is 0 Å². The van der Waals surface area contributed by atoms with Crippen LogP contribution in [0.3, 0.4) is 0 Å². The van der Waals surface area contributed by atoms with Gasteiger partial charge in [0.15, 0.2) is 0 Å². The molecule has 0 aliphatic heterocycles. The van der Waals surface area contributed by atoms with Crippen LogP contribution in [0.25, 0.3) is 0 Å². The number of rotatable bonds is 3. The quantitative estimate of drug-likeness (QED) is 0.851. The summed E-state index contributed by atoms with van der Waals surface area (Å²) in [6.45, 7) is 0.954. The Morgan fingerprint density at radius 1 is 1.17 bits per heavy atom. The highest BCUT2D eigenvalue weighted by Gasteiger charge is 2.24. The molecule has 18 heavy (non-hydrogen) atoms. The second kappa shape index (κ2) is 4.94. The first-order valence-electron chi connectivity index (χ1n) is 6.01. The van der Waals surface area contributed by atoms with Gasteiger partial charge < -0.3 is 5.32 Å². The Bertz CT molecular complexity index is 582. The van der Waals surface area contributed by atoms with Gasteiger partial charge in [0.05, 0.1) is 9.50 Å². The topological polar surface area (TPSA) is 12.0 Å². The smallest absolute Gasteiger partial charge is 0.0593 e. The molecule has 3 heteroatoms. The van der Waals surface area contributed by atoms with E-state index in [-0.39, 0.29) is 0 Å². The van der Waals surface area contributed by atoms with E-state index in [1.165, 1.54) is 17.5 Å². The maximum atomic E-state index is 6.07. The first-order chi connectivity index (χ1) is 8.75. The average molecular weight is 323 g/mol.